The highest BCUT2D eigenvalue weighted by Gasteiger charge is 2.36. The van der Waals surface area contributed by atoms with E-state index in [1.807, 2.05) is 0 Å². The summed E-state index contributed by atoms with van der Waals surface area (Å²) in [6.45, 7) is 5.76. The molecular weight excluding hydrogens is 384 g/mol. The molecule has 7 nitrogen and oxygen atoms in total. The van der Waals surface area contributed by atoms with E-state index in [4.69, 9.17) is 9.47 Å². The Labute approximate surface area is 166 Å². The van der Waals surface area contributed by atoms with Crippen molar-refractivity contribution in [2.75, 3.05) is 13.2 Å². The summed E-state index contributed by atoms with van der Waals surface area (Å²) in [6.07, 6.45) is 0.496. The minimum absolute atomic E-state index is 0.0225. The normalized spacial score (nSPS) is 22.1. The minimum Gasteiger partial charge on any atom is -0.444 e. The van der Waals surface area contributed by atoms with E-state index in [9.17, 15) is 18.4 Å². The van der Waals surface area contributed by atoms with Crippen LogP contribution in [0.5, 0.6) is 0 Å². The molecule has 1 aromatic heterocycles. The summed E-state index contributed by atoms with van der Waals surface area (Å²) >= 11 is 0. The van der Waals surface area contributed by atoms with Crippen LogP contribution in [0.15, 0.2) is 0 Å². The number of amides is 1. The van der Waals surface area contributed by atoms with Crippen LogP contribution in [0.4, 0.5) is 13.6 Å². The highest BCUT2D eigenvalue weighted by atomic mass is 19.1. The number of carbonyl (C=O) groups is 2. The number of carbonyl (C=O) groups excluding carboxylic acids is 2. The number of alkyl carbamates (subject to hydrolysis) is 1. The number of hydrogen-bond acceptors (Lipinski definition) is 5. The Kier molecular flexibility index (Phi) is 4.80. The Balaban J connectivity index is 1.63. The van der Waals surface area contributed by atoms with Gasteiger partial charge in [-0.2, -0.15) is 0 Å². The molecule has 0 bridgehead atoms. The first kappa shape index (κ1) is 19.8. The summed E-state index contributed by atoms with van der Waals surface area (Å²) in [5.41, 5.74) is -0.314. The van der Waals surface area contributed by atoms with Gasteiger partial charge in [0.2, 0.25) is 0 Å². The lowest BCUT2D eigenvalue weighted by molar-refractivity contribution is -0.110. The summed E-state index contributed by atoms with van der Waals surface area (Å²) in [6, 6.07) is -0.442. The zero-order chi connectivity index (χ0) is 20.9. The summed E-state index contributed by atoms with van der Waals surface area (Å²) < 4.78 is 40.7. The molecule has 2 aliphatic rings. The van der Waals surface area contributed by atoms with Gasteiger partial charge in [0.15, 0.2) is 11.6 Å². The monoisotopic (exact) mass is 407 g/mol. The van der Waals surface area contributed by atoms with Crippen LogP contribution in [0.25, 0.3) is 11.0 Å². The molecule has 1 amide bonds. The summed E-state index contributed by atoms with van der Waals surface area (Å²) in [5, 5.41) is 2.74. The van der Waals surface area contributed by atoms with Crippen molar-refractivity contribution in [1.82, 2.24) is 15.3 Å². The third-order valence-corrected chi connectivity index (χ3v) is 5.30. The fraction of sp³-hybridized carbons (Fsp3) is 0.550. The molecule has 1 aromatic carbocycles. The smallest absolute Gasteiger partial charge is 0.407 e. The second-order valence-electron chi connectivity index (χ2n) is 8.63. The average molecular weight is 407 g/mol. The summed E-state index contributed by atoms with van der Waals surface area (Å²) in [4.78, 5) is 30.3. The highest BCUT2D eigenvalue weighted by Crippen LogP contribution is 2.36. The van der Waals surface area contributed by atoms with E-state index < -0.39 is 41.2 Å². The molecule has 2 heterocycles. The fourth-order valence-electron chi connectivity index (χ4n) is 3.99. The molecule has 1 unspecified atom stereocenters. The number of aromatic amines is 1. The first-order valence-electron chi connectivity index (χ1n) is 9.58. The number of ether oxygens (including phenoxy) is 2. The maximum Gasteiger partial charge on any atom is 0.407 e. The van der Waals surface area contributed by atoms with Crippen molar-refractivity contribution in [3.05, 3.63) is 28.6 Å². The highest BCUT2D eigenvalue weighted by molar-refractivity contribution is 5.80. The van der Waals surface area contributed by atoms with Gasteiger partial charge in [-0.3, -0.25) is 0 Å². The molecule has 156 valence electrons. The standard InChI is InChI=1S/C20H23F2N3O4/c1-20(2,3)29-19(27)23-13-8-28-7-12(13)18-24-16-14(21)10-4-9(6-26)5-11(10)15(22)17(16)25-18/h6,9,12-13H,4-5,7-8H2,1-3H3,(H,23,27)(H,24,25)/t12-,13-/m0/s1. The molecule has 0 spiro atoms. The molecule has 1 aliphatic heterocycles. The second-order valence-corrected chi connectivity index (χ2v) is 8.63. The lowest BCUT2D eigenvalue weighted by Gasteiger charge is -2.23. The van der Waals surface area contributed by atoms with Gasteiger partial charge in [-0.15, -0.1) is 0 Å². The van der Waals surface area contributed by atoms with Gasteiger partial charge in [-0.25, -0.2) is 18.6 Å². The van der Waals surface area contributed by atoms with Gasteiger partial charge in [-0.05, 0) is 44.7 Å². The number of hydrogen-bond donors (Lipinski definition) is 2. The van der Waals surface area contributed by atoms with Crippen molar-refractivity contribution >= 4 is 23.4 Å². The third-order valence-electron chi connectivity index (χ3n) is 5.30. The zero-order valence-electron chi connectivity index (χ0n) is 16.5. The molecule has 9 heteroatoms. The molecule has 1 aliphatic carbocycles. The molecule has 3 atom stereocenters. The van der Waals surface area contributed by atoms with Crippen LogP contribution < -0.4 is 5.32 Å². The van der Waals surface area contributed by atoms with Gasteiger partial charge >= 0.3 is 6.09 Å². The molecule has 4 rings (SSSR count). The molecule has 0 radical (unpaired) electrons. The van der Waals surface area contributed by atoms with Crippen molar-refractivity contribution in [3.8, 4) is 0 Å². The van der Waals surface area contributed by atoms with E-state index >= 15 is 0 Å². The number of aromatic nitrogens is 2. The van der Waals surface area contributed by atoms with Crippen molar-refractivity contribution in [2.24, 2.45) is 5.92 Å². The predicted molar refractivity (Wildman–Crippen MR) is 99.7 cm³/mol. The predicted octanol–water partition coefficient (Wildman–Crippen LogP) is 2.76. The number of halogens is 2. The van der Waals surface area contributed by atoms with E-state index in [-0.39, 0.29) is 48.2 Å². The van der Waals surface area contributed by atoms with E-state index in [0.29, 0.717) is 5.82 Å². The number of fused-ring (bicyclic) bond motifs is 2. The number of imidazole rings is 1. The van der Waals surface area contributed by atoms with Crippen LogP contribution in [0, 0.1) is 17.6 Å². The Morgan fingerprint density at radius 1 is 1.24 bits per heavy atom. The maximum absolute atomic E-state index is 15.0. The molecule has 1 fully saturated rings. The van der Waals surface area contributed by atoms with E-state index in [2.05, 4.69) is 15.3 Å². The van der Waals surface area contributed by atoms with Crippen LogP contribution in [0.3, 0.4) is 0 Å². The quantitative estimate of drug-likeness (QED) is 0.764. The Hall–Kier alpha value is -2.55. The average Bonchev–Trinajstić information content (AvgIpc) is 3.35. The van der Waals surface area contributed by atoms with Gasteiger partial charge in [0.25, 0.3) is 0 Å². The first-order chi connectivity index (χ1) is 13.7. The number of rotatable bonds is 3. The van der Waals surface area contributed by atoms with Crippen LogP contribution >= 0.6 is 0 Å². The molecule has 2 N–H and O–H groups in total. The van der Waals surface area contributed by atoms with Crippen molar-refractivity contribution < 1.29 is 27.8 Å². The zero-order valence-corrected chi connectivity index (χ0v) is 16.5. The third kappa shape index (κ3) is 3.59. The van der Waals surface area contributed by atoms with Crippen LogP contribution in [-0.2, 0) is 27.1 Å². The Bertz CT molecular complexity index is 933. The lowest BCUT2D eigenvalue weighted by Crippen LogP contribution is -2.42. The minimum atomic E-state index is -0.648. The largest absolute Gasteiger partial charge is 0.444 e. The van der Waals surface area contributed by atoms with E-state index in [0.717, 1.165) is 6.29 Å². The van der Waals surface area contributed by atoms with Gasteiger partial charge in [0.05, 0.1) is 25.2 Å². The SMILES string of the molecule is CC(C)(C)OC(=O)N[C@H]1COC[C@@H]1c1nc2c(F)c3c(c(F)c2[nH]1)CC(C=O)C3. The number of nitrogens with one attached hydrogen (secondary N) is 2. The first-order valence-corrected chi connectivity index (χ1v) is 9.58. The molecule has 2 aromatic rings. The number of benzene rings is 1. The second kappa shape index (κ2) is 7.05. The topological polar surface area (TPSA) is 93.3 Å². The molecule has 29 heavy (non-hydrogen) atoms. The molecule has 0 saturated carbocycles. The van der Waals surface area contributed by atoms with E-state index in [1.54, 1.807) is 20.8 Å². The summed E-state index contributed by atoms with van der Waals surface area (Å²) in [7, 11) is 0. The Morgan fingerprint density at radius 2 is 1.93 bits per heavy atom. The molecular formula is C20H23F2N3O4. The Morgan fingerprint density at radius 3 is 2.59 bits per heavy atom. The van der Waals surface area contributed by atoms with E-state index in [1.165, 1.54) is 0 Å². The van der Waals surface area contributed by atoms with Gasteiger partial charge in [-0.1, -0.05) is 0 Å². The van der Waals surface area contributed by atoms with Gasteiger partial charge in [0, 0.05) is 5.92 Å². The van der Waals surface area contributed by atoms with Crippen molar-refractivity contribution in [2.45, 2.75) is 51.2 Å². The molecule has 1 saturated heterocycles. The number of nitrogens with zero attached hydrogens (tertiary/aromatic N) is 1. The van der Waals surface area contributed by atoms with Crippen LogP contribution in [0.2, 0.25) is 0 Å². The summed E-state index contributed by atoms with van der Waals surface area (Å²) in [5.74, 6) is -1.64. The van der Waals surface area contributed by atoms with Gasteiger partial charge < -0.3 is 24.6 Å². The van der Waals surface area contributed by atoms with Crippen LogP contribution in [0.1, 0.15) is 43.6 Å². The maximum atomic E-state index is 15.0. The van der Waals surface area contributed by atoms with Crippen molar-refractivity contribution in [1.29, 1.82) is 0 Å². The van der Waals surface area contributed by atoms with Crippen LogP contribution in [-0.4, -0.2) is 47.2 Å². The number of aldehydes is 1. The number of H-pyrrole nitrogens is 1. The van der Waals surface area contributed by atoms with Gasteiger partial charge in [0.1, 0.15) is 28.7 Å². The fourth-order valence-corrected chi connectivity index (χ4v) is 3.99. The lowest BCUT2D eigenvalue weighted by atomic mass is 10.0. The van der Waals surface area contributed by atoms with Crippen molar-refractivity contribution in [3.63, 3.8) is 0 Å².